The molecular weight excluding hydrogens is 156 g/mol. The van der Waals surface area contributed by atoms with Crippen molar-refractivity contribution in [3.63, 3.8) is 0 Å². The summed E-state index contributed by atoms with van der Waals surface area (Å²) < 4.78 is 0. The first-order valence-corrected chi connectivity index (χ1v) is 4.23. The van der Waals surface area contributed by atoms with Crippen LogP contribution >= 0.6 is 0 Å². The van der Waals surface area contributed by atoms with E-state index in [0.717, 1.165) is 25.2 Å². The Morgan fingerprint density at radius 1 is 1.25 bits per heavy atom. The first-order valence-electron chi connectivity index (χ1n) is 4.23. The highest BCUT2D eigenvalue weighted by Gasteiger charge is 1.84. The minimum absolute atomic E-state index is 0.719. The molecule has 0 heterocycles. The topological polar surface area (TPSA) is 56.1 Å². The molecule has 0 radical (unpaired) electrons. The molecule has 74 valence electrons. The summed E-state index contributed by atoms with van der Waals surface area (Å²) in [5.41, 5.74) is 0.773. The summed E-state index contributed by atoms with van der Waals surface area (Å²) in [7, 11) is 0. The number of oxime groups is 1. The van der Waals surface area contributed by atoms with E-state index < -0.39 is 0 Å². The second-order valence-corrected chi connectivity index (χ2v) is 2.33. The quantitative estimate of drug-likeness (QED) is 0.392. The zero-order chi connectivity index (χ0) is 9.98. The van der Waals surface area contributed by atoms with E-state index in [4.69, 9.17) is 10.4 Å². The van der Waals surface area contributed by atoms with Gasteiger partial charge >= 0.3 is 0 Å². The molecule has 12 heavy (non-hydrogen) atoms. The summed E-state index contributed by atoms with van der Waals surface area (Å²) in [6.07, 6.45) is 0.830. The lowest BCUT2D eigenvalue weighted by Gasteiger charge is -2.05. The normalized spacial score (nSPS) is 11.0. The molecule has 0 aliphatic rings. The molecule has 0 saturated heterocycles. The molecule has 0 aromatic heterocycles. The van der Waals surface area contributed by atoms with Gasteiger partial charge in [-0.2, -0.15) is 5.06 Å². The molecule has 0 spiro atoms. The molecule has 0 rings (SSSR count). The van der Waals surface area contributed by atoms with Crippen LogP contribution in [-0.2, 0) is 0 Å². The fraction of sp³-hybridized carbons (Fsp3) is 0.875. The van der Waals surface area contributed by atoms with E-state index in [1.807, 2.05) is 20.8 Å². The van der Waals surface area contributed by atoms with Crippen LogP contribution in [0.2, 0.25) is 0 Å². The van der Waals surface area contributed by atoms with Crippen molar-refractivity contribution in [2.24, 2.45) is 5.16 Å². The second-order valence-electron chi connectivity index (χ2n) is 2.33. The standard InChI is InChI=1S/C4H11NO.C4H9NO/c1-3-5(6)4-2;1-3-4(2)5-6/h6H,3-4H2,1-2H3;6H,3H2,1-2H3. The van der Waals surface area contributed by atoms with E-state index >= 15 is 0 Å². The van der Waals surface area contributed by atoms with Crippen LogP contribution in [-0.4, -0.2) is 34.3 Å². The molecular formula is C8H20N2O2. The van der Waals surface area contributed by atoms with Gasteiger partial charge in [0.2, 0.25) is 0 Å². The maximum atomic E-state index is 8.50. The maximum Gasteiger partial charge on any atom is 0.0537 e. The van der Waals surface area contributed by atoms with Crippen molar-refractivity contribution in [2.45, 2.75) is 34.1 Å². The van der Waals surface area contributed by atoms with E-state index in [1.54, 1.807) is 6.92 Å². The molecule has 0 fully saturated rings. The molecule has 0 bridgehead atoms. The number of hydrogen-bond acceptors (Lipinski definition) is 4. The minimum Gasteiger partial charge on any atom is -0.411 e. The third-order valence-electron chi connectivity index (χ3n) is 1.41. The van der Waals surface area contributed by atoms with Gasteiger partial charge < -0.3 is 10.4 Å². The van der Waals surface area contributed by atoms with E-state index in [1.165, 1.54) is 5.06 Å². The summed E-state index contributed by atoms with van der Waals surface area (Å²) >= 11 is 0. The Labute approximate surface area is 74.5 Å². The van der Waals surface area contributed by atoms with E-state index in [-0.39, 0.29) is 0 Å². The van der Waals surface area contributed by atoms with E-state index in [2.05, 4.69) is 5.16 Å². The smallest absolute Gasteiger partial charge is 0.0537 e. The average molecular weight is 176 g/mol. The molecule has 4 heteroatoms. The zero-order valence-corrected chi connectivity index (χ0v) is 8.41. The highest BCUT2D eigenvalue weighted by Crippen LogP contribution is 1.78. The van der Waals surface area contributed by atoms with Crippen LogP contribution < -0.4 is 0 Å². The monoisotopic (exact) mass is 176 g/mol. The van der Waals surface area contributed by atoms with Crippen LogP contribution in [0.4, 0.5) is 0 Å². The number of rotatable bonds is 3. The minimum atomic E-state index is 0.719. The van der Waals surface area contributed by atoms with Crippen molar-refractivity contribution in [1.82, 2.24) is 5.06 Å². The lowest BCUT2D eigenvalue weighted by Crippen LogP contribution is -2.16. The Bertz CT molecular complexity index is 112. The number of hydrogen-bond donors (Lipinski definition) is 2. The Morgan fingerprint density at radius 2 is 1.67 bits per heavy atom. The molecule has 0 saturated carbocycles. The van der Waals surface area contributed by atoms with Crippen molar-refractivity contribution in [3.05, 3.63) is 0 Å². The van der Waals surface area contributed by atoms with Crippen molar-refractivity contribution in [1.29, 1.82) is 0 Å². The lowest BCUT2D eigenvalue weighted by molar-refractivity contribution is -0.0813. The van der Waals surface area contributed by atoms with Gasteiger partial charge in [0.05, 0.1) is 5.71 Å². The lowest BCUT2D eigenvalue weighted by atomic mass is 10.3. The van der Waals surface area contributed by atoms with Crippen LogP contribution in [0.15, 0.2) is 5.16 Å². The third-order valence-corrected chi connectivity index (χ3v) is 1.41. The second kappa shape index (κ2) is 10.4. The molecule has 2 N–H and O–H groups in total. The first-order chi connectivity index (χ1) is 5.62. The first kappa shape index (κ1) is 13.9. The zero-order valence-electron chi connectivity index (χ0n) is 8.41. The van der Waals surface area contributed by atoms with Gasteiger partial charge in [-0.25, -0.2) is 0 Å². The van der Waals surface area contributed by atoms with Gasteiger partial charge in [0.15, 0.2) is 0 Å². The highest BCUT2D eigenvalue weighted by molar-refractivity contribution is 5.80. The van der Waals surface area contributed by atoms with Gasteiger partial charge in [-0.3, -0.25) is 0 Å². The third kappa shape index (κ3) is 12.1. The summed E-state index contributed by atoms with van der Waals surface area (Å²) in [5, 5.41) is 20.6. The van der Waals surface area contributed by atoms with Gasteiger partial charge in [-0.15, -0.1) is 0 Å². The van der Waals surface area contributed by atoms with Crippen molar-refractivity contribution >= 4 is 5.71 Å². The Hall–Kier alpha value is -0.610. The van der Waals surface area contributed by atoms with Crippen molar-refractivity contribution in [3.8, 4) is 0 Å². The van der Waals surface area contributed by atoms with Gasteiger partial charge in [-0.1, -0.05) is 25.9 Å². The Balaban J connectivity index is 0. The maximum absolute atomic E-state index is 8.50. The summed E-state index contributed by atoms with van der Waals surface area (Å²) in [6, 6.07) is 0. The average Bonchev–Trinajstić information content (AvgIpc) is 2.16. The predicted octanol–water partition coefficient (Wildman–Crippen LogP) is 1.96. The molecule has 0 aliphatic heterocycles. The molecule has 0 aliphatic carbocycles. The molecule has 0 atom stereocenters. The van der Waals surface area contributed by atoms with Crippen LogP contribution in [0.3, 0.4) is 0 Å². The largest absolute Gasteiger partial charge is 0.411 e. The number of hydroxylamine groups is 2. The van der Waals surface area contributed by atoms with Crippen molar-refractivity contribution < 1.29 is 10.4 Å². The summed E-state index contributed by atoms with van der Waals surface area (Å²) in [4.78, 5) is 0. The SMILES string of the molecule is CCC(C)=NO.CCN(O)CC. The molecule has 0 unspecified atom stereocenters. The number of nitrogens with zero attached hydrogens (tertiary/aromatic N) is 2. The molecule has 0 aromatic carbocycles. The summed E-state index contributed by atoms with van der Waals surface area (Å²) in [5.74, 6) is 0. The fourth-order valence-corrected chi connectivity index (χ4v) is 0.294. The van der Waals surface area contributed by atoms with Crippen LogP contribution in [0.5, 0.6) is 0 Å². The van der Waals surface area contributed by atoms with E-state index in [9.17, 15) is 0 Å². The van der Waals surface area contributed by atoms with Gasteiger partial charge in [0.25, 0.3) is 0 Å². The van der Waals surface area contributed by atoms with Gasteiger partial charge in [0, 0.05) is 13.1 Å². The van der Waals surface area contributed by atoms with Crippen LogP contribution in [0.25, 0.3) is 0 Å². The van der Waals surface area contributed by atoms with Gasteiger partial charge in [0.1, 0.15) is 0 Å². The van der Waals surface area contributed by atoms with Crippen molar-refractivity contribution in [2.75, 3.05) is 13.1 Å². The Kier molecular flexibility index (Phi) is 12.1. The van der Waals surface area contributed by atoms with E-state index in [0.29, 0.717) is 0 Å². The Morgan fingerprint density at radius 3 is 1.67 bits per heavy atom. The molecule has 4 nitrogen and oxygen atoms in total. The fourth-order valence-electron chi connectivity index (χ4n) is 0.294. The van der Waals surface area contributed by atoms with Crippen LogP contribution in [0.1, 0.15) is 34.1 Å². The van der Waals surface area contributed by atoms with Gasteiger partial charge in [-0.05, 0) is 13.3 Å². The highest BCUT2D eigenvalue weighted by atomic mass is 16.5. The molecule has 0 amide bonds. The predicted molar refractivity (Wildman–Crippen MR) is 49.9 cm³/mol. The van der Waals surface area contributed by atoms with Crippen LogP contribution in [0, 0.1) is 0 Å². The molecule has 0 aromatic rings. The summed E-state index contributed by atoms with van der Waals surface area (Å²) in [6.45, 7) is 8.97.